The lowest BCUT2D eigenvalue weighted by molar-refractivity contribution is -0.132. The molecule has 5 nitrogen and oxygen atoms in total. The third-order valence-electron chi connectivity index (χ3n) is 6.14. The standard InChI is InChI=1S/C27H24ClNO4/c1-4-17-6-10-20(11-7-17)29-24(18-9-12-22(30)21(28)14-18)23(26(32)27(29)33)25(31)19-8-5-15(2)16(3)13-19/h5-14,24,30-31H,4H2,1-3H3/b25-23-. The van der Waals surface area contributed by atoms with E-state index in [-0.39, 0.29) is 22.1 Å². The molecule has 0 aromatic heterocycles. The summed E-state index contributed by atoms with van der Waals surface area (Å²) < 4.78 is 0. The molecule has 1 atom stereocenters. The summed E-state index contributed by atoms with van der Waals surface area (Å²) in [5, 5.41) is 21.2. The number of rotatable bonds is 4. The number of ketones is 1. The third kappa shape index (κ3) is 4.00. The number of aryl methyl sites for hydroxylation is 3. The molecule has 1 saturated heterocycles. The number of phenolic OH excluding ortho intramolecular Hbond substituents is 1. The van der Waals surface area contributed by atoms with E-state index in [1.54, 1.807) is 30.3 Å². The number of phenols is 1. The largest absolute Gasteiger partial charge is 0.507 e. The second-order valence-electron chi connectivity index (χ2n) is 8.20. The van der Waals surface area contributed by atoms with Crippen molar-refractivity contribution in [3.63, 3.8) is 0 Å². The Hall–Kier alpha value is -3.57. The number of nitrogens with zero attached hydrogens (tertiary/aromatic N) is 1. The summed E-state index contributed by atoms with van der Waals surface area (Å²) in [6.07, 6.45) is 0.836. The molecular formula is C27H24ClNO4. The molecule has 0 saturated carbocycles. The van der Waals surface area contributed by atoms with Gasteiger partial charge >= 0.3 is 0 Å². The average Bonchev–Trinajstić information content (AvgIpc) is 3.07. The van der Waals surface area contributed by atoms with E-state index in [9.17, 15) is 19.8 Å². The van der Waals surface area contributed by atoms with Crippen molar-refractivity contribution in [2.24, 2.45) is 0 Å². The number of Topliss-reactive ketones (excluding diaryl/α,β-unsaturated/α-hetero) is 1. The van der Waals surface area contributed by atoms with Crippen LogP contribution >= 0.6 is 11.6 Å². The Labute approximate surface area is 197 Å². The van der Waals surface area contributed by atoms with Crippen LogP contribution in [0, 0.1) is 13.8 Å². The number of carbonyl (C=O) groups excluding carboxylic acids is 2. The van der Waals surface area contributed by atoms with Crippen molar-refractivity contribution in [2.75, 3.05) is 4.90 Å². The zero-order chi connectivity index (χ0) is 23.9. The van der Waals surface area contributed by atoms with Gasteiger partial charge in [0.1, 0.15) is 11.5 Å². The lowest BCUT2D eigenvalue weighted by atomic mass is 9.94. The van der Waals surface area contributed by atoms with Crippen LogP contribution in [0.25, 0.3) is 5.76 Å². The van der Waals surface area contributed by atoms with Crippen LogP contribution in [0.2, 0.25) is 5.02 Å². The smallest absolute Gasteiger partial charge is 0.300 e. The van der Waals surface area contributed by atoms with Crippen molar-refractivity contribution < 1.29 is 19.8 Å². The molecule has 1 heterocycles. The number of hydrogen-bond donors (Lipinski definition) is 2. The first-order chi connectivity index (χ1) is 15.7. The van der Waals surface area contributed by atoms with Crippen LogP contribution in [-0.4, -0.2) is 21.9 Å². The number of carbonyl (C=O) groups is 2. The van der Waals surface area contributed by atoms with Crippen LogP contribution in [0.4, 0.5) is 5.69 Å². The average molecular weight is 462 g/mol. The van der Waals surface area contributed by atoms with E-state index in [0.717, 1.165) is 23.1 Å². The van der Waals surface area contributed by atoms with Crippen molar-refractivity contribution in [1.29, 1.82) is 0 Å². The van der Waals surface area contributed by atoms with Gasteiger partial charge in [-0.3, -0.25) is 14.5 Å². The fourth-order valence-electron chi connectivity index (χ4n) is 4.04. The van der Waals surface area contributed by atoms with E-state index in [1.807, 2.05) is 39.0 Å². The third-order valence-corrected chi connectivity index (χ3v) is 6.44. The molecule has 33 heavy (non-hydrogen) atoms. The van der Waals surface area contributed by atoms with Gasteiger partial charge in [0.05, 0.1) is 16.6 Å². The van der Waals surface area contributed by atoms with Gasteiger partial charge in [-0.2, -0.15) is 0 Å². The van der Waals surface area contributed by atoms with E-state index in [2.05, 4.69) is 0 Å². The maximum atomic E-state index is 13.2. The van der Waals surface area contributed by atoms with Crippen LogP contribution in [0.1, 0.15) is 40.8 Å². The lowest BCUT2D eigenvalue weighted by Crippen LogP contribution is -2.29. The SMILES string of the molecule is CCc1ccc(N2C(=O)C(=O)/C(=C(\O)c3ccc(C)c(C)c3)C2c2ccc(O)c(Cl)c2)cc1. The second-order valence-corrected chi connectivity index (χ2v) is 8.61. The number of anilines is 1. The Bertz CT molecular complexity index is 1290. The molecule has 1 amide bonds. The quantitative estimate of drug-likeness (QED) is 0.290. The van der Waals surface area contributed by atoms with Crippen LogP contribution in [0.15, 0.2) is 66.2 Å². The number of halogens is 1. The van der Waals surface area contributed by atoms with Gasteiger partial charge in [0.2, 0.25) is 0 Å². The molecule has 1 fully saturated rings. The van der Waals surface area contributed by atoms with Crippen molar-refractivity contribution in [1.82, 2.24) is 0 Å². The van der Waals surface area contributed by atoms with Crippen molar-refractivity contribution in [3.8, 4) is 5.75 Å². The molecular weight excluding hydrogens is 438 g/mol. The summed E-state index contributed by atoms with van der Waals surface area (Å²) in [7, 11) is 0. The zero-order valence-corrected chi connectivity index (χ0v) is 19.3. The molecule has 2 N–H and O–H groups in total. The summed E-state index contributed by atoms with van der Waals surface area (Å²) in [6, 6.07) is 16.4. The first kappa shape index (κ1) is 22.6. The Morgan fingerprint density at radius 2 is 1.67 bits per heavy atom. The van der Waals surface area contributed by atoms with Gasteiger partial charge in [-0.05, 0) is 72.9 Å². The van der Waals surface area contributed by atoms with E-state index in [1.165, 1.54) is 17.0 Å². The van der Waals surface area contributed by atoms with Crippen LogP contribution < -0.4 is 4.90 Å². The zero-order valence-electron chi connectivity index (χ0n) is 18.6. The monoisotopic (exact) mass is 461 g/mol. The van der Waals surface area contributed by atoms with Crippen LogP contribution in [-0.2, 0) is 16.0 Å². The molecule has 0 radical (unpaired) electrons. The number of aliphatic hydroxyl groups is 1. The summed E-state index contributed by atoms with van der Waals surface area (Å²) in [5.74, 6) is -1.88. The number of aliphatic hydroxyl groups excluding tert-OH is 1. The summed E-state index contributed by atoms with van der Waals surface area (Å²) >= 11 is 6.16. The van der Waals surface area contributed by atoms with Gasteiger partial charge < -0.3 is 10.2 Å². The minimum atomic E-state index is -0.905. The van der Waals surface area contributed by atoms with E-state index in [0.29, 0.717) is 16.8 Å². The Morgan fingerprint density at radius 1 is 0.970 bits per heavy atom. The van der Waals surface area contributed by atoms with Gasteiger partial charge in [0, 0.05) is 11.3 Å². The first-order valence-corrected chi connectivity index (χ1v) is 11.1. The van der Waals surface area contributed by atoms with Gasteiger partial charge in [-0.1, -0.05) is 48.9 Å². The maximum absolute atomic E-state index is 13.2. The summed E-state index contributed by atoms with van der Waals surface area (Å²) in [4.78, 5) is 27.8. The Kier molecular flexibility index (Phi) is 6.00. The minimum absolute atomic E-state index is 0.0235. The molecule has 1 aliphatic heterocycles. The van der Waals surface area contributed by atoms with E-state index >= 15 is 0 Å². The second kappa shape index (κ2) is 8.75. The summed E-state index contributed by atoms with van der Waals surface area (Å²) in [5.41, 5.74) is 4.55. The normalized spacial score (nSPS) is 17.6. The Balaban J connectivity index is 1.95. The van der Waals surface area contributed by atoms with Crippen LogP contribution in [0.3, 0.4) is 0 Å². The fourth-order valence-corrected chi connectivity index (χ4v) is 4.23. The highest BCUT2D eigenvalue weighted by molar-refractivity contribution is 6.51. The molecule has 1 aliphatic rings. The van der Waals surface area contributed by atoms with E-state index < -0.39 is 17.7 Å². The maximum Gasteiger partial charge on any atom is 0.300 e. The van der Waals surface area contributed by atoms with Gasteiger partial charge in [0.25, 0.3) is 11.7 Å². The van der Waals surface area contributed by atoms with Gasteiger partial charge in [-0.25, -0.2) is 0 Å². The number of benzene rings is 3. The van der Waals surface area contributed by atoms with Gasteiger partial charge in [0.15, 0.2) is 0 Å². The molecule has 3 aromatic carbocycles. The van der Waals surface area contributed by atoms with E-state index in [4.69, 9.17) is 11.6 Å². The molecule has 0 aliphatic carbocycles. The first-order valence-electron chi connectivity index (χ1n) is 10.7. The van der Waals surface area contributed by atoms with Crippen molar-refractivity contribution in [2.45, 2.75) is 33.2 Å². The Morgan fingerprint density at radius 3 is 2.27 bits per heavy atom. The predicted octanol–water partition coefficient (Wildman–Crippen LogP) is 5.85. The van der Waals surface area contributed by atoms with Crippen molar-refractivity contribution in [3.05, 3.63) is 99.1 Å². The number of aromatic hydroxyl groups is 1. The predicted molar refractivity (Wildman–Crippen MR) is 130 cm³/mol. The molecule has 1 unspecified atom stereocenters. The molecule has 0 bridgehead atoms. The fraction of sp³-hybridized carbons (Fsp3) is 0.185. The molecule has 0 spiro atoms. The molecule has 3 aromatic rings. The highest BCUT2D eigenvalue weighted by Crippen LogP contribution is 2.43. The highest BCUT2D eigenvalue weighted by atomic mass is 35.5. The summed E-state index contributed by atoms with van der Waals surface area (Å²) in [6.45, 7) is 5.90. The number of amides is 1. The number of hydrogen-bond acceptors (Lipinski definition) is 4. The lowest BCUT2D eigenvalue weighted by Gasteiger charge is -2.26. The molecule has 4 rings (SSSR count). The molecule has 168 valence electrons. The molecule has 6 heteroatoms. The van der Waals surface area contributed by atoms with Crippen molar-refractivity contribution >= 4 is 34.7 Å². The van der Waals surface area contributed by atoms with Crippen LogP contribution in [0.5, 0.6) is 5.75 Å². The highest BCUT2D eigenvalue weighted by Gasteiger charge is 2.47. The minimum Gasteiger partial charge on any atom is -0.507 e. The topological polar surface area (TPSA) is 77.8 Å². The van der Waals surface area contributed by atoms with Gasteiger partial charge in [-0.15, -0.1) is 0 Å².